The predicted octanol–water partition coefficient (Wildman–Crippen LogP) is 4.72. The molecular weight excluding hydrogens is 386 g/mol. The van der Waals surface area contributed by atoms with Crippen LogP contribution in [-0.2, 0) is 14.4 Å². The lowest BCUT2D eigenvalue weighted by Crippen LogP contribution is -2.26. The van der Waals surface area contributed by atoms with Crippen LogP contribution in [0.1, 0.15) is 13.3 Å². The highest BCUT2D eigenvalue weighted by molar-refractivity contribution is 9.10. The molecule has 4 nitrogen and oxygen atoms in total. The molecular formula is C15H14BrNO3S2. The molecule has 1 aliphatic rings. The number of rotatable bonds is 4. The van der Waals surface area contributed by atoms with Crippen molar-refractivity contribution in [2.24, 2.45) is 0 Å². The van der Waals surface area contributed by atoms with Crippen LogP contribution in [0.25, 0.3) is 0 Å². The lowest BCUT2D eigenvalue weighted by Gasteiger charge is -2.30. The summed E-state index contributed by atoms with van der Waals surface area (Å²) in [6.07, 6.45) is 0.514. The van der Waals surface area contributed by atoms with E-state index in [0.29, 0.717) is 6.42 Å². The molecule has 0 amide bonds. The van der Waals surface area contributed by atoms with Crippen LogP contribution in [0.2, 0.25) is 0 Å². The number of halogens is 1. The summed E-state index contributed by atoms with van der Waals surface area (Å²) in [6, 6.07) is 13.3. The third kappa shape index (κ3) is 3.17. The Labute approximate surface area is 142 Å². The Morgan fingerprint density at radius 3 is 2.64 bits per heavy atom. The fraction of sp³-hybridized carbons (Fsp3) is 0.200. The molecule has 0 N–H and O–H groups in total. The highest BCUT2D eigenvalue weighted by Crippen LogP contribution is 2.49. The Hall–Kier alpha value is -1.02. The van der Waals surface area contributed by atoms with Crippen LogP contribution in [0, 0.1) is 0 Å². The van der Waals surface area contributed by atoms with Crippen molar-refractivity contribution in [3.63, 3.8) is 0 Å². The summed E-state index contributed by atoms with van der Waals surface area (Å²) in [4.78, 5) is 1.90. The molecule has 116 valence electrons. The summed E-state index contributed by atoms with van der Waals surface area (Å²) >= 11 is 5.04. The Bertz CT molecular complexity index is 808. The minimum atomic E-state index is -3.62. The quantitative estimate of drug-likeness (QED) is 0.743. The normalized spacial score (nSPS) is 13.6. The van der Waals surface area contributed by atoms with Gasteiger partial charge in [-0.1, -0.05) is 46.7 Å². The topological polar surface area (TPSA) is 46.6 Å². The van der Waals surface area contributed by atoms with Crippen LogP contribution in [0.5, 0.6) is 0 Å². The molecule has 0 atom stereocenters. The maximum atomic E-state index is 12.1. The number of para-hydroxylation sites is 1. The molecule has 22 heavy (non-hydrogen) atoms. The van der Waals surface area contributed by atoms with Gasteiger partial charge in [0.25, 0.3) is 10.1 Å². The smallest absolute Gasteiger partial charge is 0.202 e. The second kappa shape index (κ2) is 6.23. The van der Waals surface area contributed by atoms with Crippen LogP contribution in [-0.4, -0.2) is 14.2 Å². The van der Waals surface area contributed by atoms with E-state index in [1.54, 1.807) is 11.8 Å². The molecule has 0 aromatic heterocycles. The summed E-state index contributed by atoms with van der Waals surface area (Å²) in [5.41, 5.74) is 1.47. The second-order valence-electron chi connectivity index (χ2n) is 4.81. The zero-order chi connectivity index (χ0) is 15.7. The van der Waals surface area contributed by atoms with Gasteiger partial charge in [-0.3, -0.25) is 0 Å². The fourth-order valence-corrected chi connectivity index (χ4v) is 4.73. The zero-order valence-corrected chi connectivity index (χ0v) is 15.0. The van der Waals surface area contributed by atoms with E-state index in [1.165, 1.54) is 5.06 Å². The first kappa shape index (κ1) is 15.9. The van der Waals surface area contributed by atoms with E-state index in [4.69, 9.17) is 4.28 Å². The molecule has 1 aliphatic heterocycles. The van der Waals surface area contributed by atoms with Crippen molar-refractivity contribution in [2.45, 2.75) is 23.1 Å². The average Bonchev–Trinajstić information content (AvgIpc) is 2.46. The SMILES string of the molecule is CCCS(=O)(=O)ON1c2ccccc2Sc2cc(Br)ccc21. The molecule has 3 rings (SSSR count). The number of fused-ring (bicyclic) bond motifs is 2. The third-order valence-electron chi connectivity index (χ3n) is 3.09. The molecule has 0 fully saturated rings. The van der Waals surface area contributed by atoms with E-state index in [2.05, 4.69) is 15.9 Å². The first-order chi connectivity index (χ1) is 10.5. The van der Waals surface area contributed by atoms with Gasteiger partial charge in [0, 0.05) is 14.3 Å². The van der Waals surface area contributed by atoms with E-state index in [1.807, 2.05) is 49.4 Å². The van der Waals surface area contributed by atoms with E-state index >= 15 is 0 Å². The van der Waals surface area contributed by atoms with Crippen molar-refractivity contribution in [3.8, 4) is 0 Å². The summed E-state index contributed by atoms with van der Waals surface area (Å²) in [7, 11) is -3.62. The molecule has 0 bridgehead atoms. The standard InChI is InChI=1S/C15H14BrNO3S2/c1-2-9-22(18,19)20-17-12-5-3-4-6-14(12)21-15-10-11(16)7-8-13(15)17/h3-8,10H,2,9H2,1H3. The molecule has 0 radical (unpaired) electrons. The van der Waals surface area contributed by atoms with Crippen molar-refractivity contribution >= 4 is 49.2 Å². The zero-order valence-electron chi connectivity index (χ0n) is 11.8. The Morgan fingerprint density at radius 2 is 1.86 bits per heavy atom. The summed E-state index contributed by atoms with van der Waals surface area (Å²) < 4.78 is 30.5. The summed E-state index contributed by atoms with van der Waals surface area (Å²) in [5, 5.41) is 1.42. The molecule has 1 heterocycles. The van der Waals surface area contributed by atoms with Gasteiger partial charge in [-0.15, -0.1) is 4.28 Å². The Kier molecular flexibility index (Phi) is 4.49. The maximum absolute atomic E-state index is 12.1. The summed E-state index contributed by atoms with van der Waals surface area (Å²) in [5.74, 6) is -0.00925. The highest BCUT2D eigenvalue weighted by atomic mass is 79.9. The third-order valence-corrected chi connectivity index (χ3v) is 5.98. The van der Waals surface area contributed by atoms with Gasteiger partial charge < -0.3 is 0 Å². The van der Waals surface area contributed by atoms with Gasteiger partial charge in [0.2, 0.25) is 0 Å². The van der Waals surface area contributed by atoms with Crippen LogP contribution in [0.3, 0.4) is 0 Å². The molecule has 0 unspecified atom stereocenters. The van der Waals surface area contributed by atoms with Crippen molar-refractivity contribution < 1.29 is 12.7 Å². The second-order valence-corrected chi connectivity index (χ2v) is 8.48. The molecule has 0 spiro atoms. The summed E-state index contributed by atoms with van der Waals surface area (Å²) in [6.45, 7) is 1.81. The molecule has 7 heteroatoms. The molecule has 0 aliphatic carbocycles. The lowest BCUT2D eigenvalue weighted by molar-refractivity contribution is 0.319. The minimum Gasteiger partial charge on any atom is -0.202 e. The van der Waals surface area contributed by atoms with Gasteiger partial charge >= 0.3 is 0 Å². The van der Waals surface area contributed by atoms with Crippen molar-refractivity contribution in [1.82, 2.24) is 0 Å². The van der Waals surface area contributed by atoms with E-state index in [0.717, 1.165) is 25.6 Å². The monoisotopic (exact) mass is 399 g/mol. The van der Waals surface area contributed by atoms with Crippen LogP contribution in [0.4, 0.5) is 11.4 Å². The van der Waals surface area contributed by atoms with Gasteiger partial charge in [-0.2, -0.15) is 8.42 Å². The van der Waals surface area contributed by atoms with Crippen LogP contribution >= 0.6 is 27.7 Å². The molecule has 2 aromatic rings. The van der Waals surface area contributed by atoms with Crippen LogP contribution in [0.15, 0.2) is 56.7 Å². The maximum Gasteiger partial charge on any atom is 0.288 e. The number of nitrogens with zero attached hydrogens (tertiary/aromatic N) is 1. The predicted molar refractivity (Wildman–Crippen MR) is 92.0 cm³/mol. The van der Waals surface area contributed by atoms with E-state index < -0.39 is 10.1 Å². The van der Waals surface area contributed by atoms with Gasteiger partial charge in [0.05, 0.1) is 17.1 Å². The van der Waals surface area contributed by atoms with Crippen molar-refractivity contribution in [2.75, 3.05) is 10.8 Å². The van der Waals surface area contributed by atoms with Crippen LogP contribution < -0.4 is 5.06 Å². The average molecular weight is 400 g/mol. The van der Waals surface area contributed by atoms with Gasteiger partial charge in [-0.05, 0) is 36.8 Å². The minimum absolute atomic E-state index is 0.00925. The van der Waals surface area contributed by atoms with Crippen molar-refractivity contribution in [1.29, 1.82) is 0 Å². The van der Waals surface area contributed by atoms with E-state index in [9.17, 15) is 8.42 Å². The van der Waals surface area contributed by atoms with Gasteiger partial charge in [0.15, 0.2) is 0 Å². The number of hydrogen-bond donors (Lipinski definition) is 0. The molecule has 0 saturated carbocycles. The van der Waals surface area contributed by atoms with Gasteiger partial charge in [0.1, 0.15) is 0 Å². The van der Waals surface area contributed by atoms with Gasteiger partial charge in [-0.25, -0.2) is 5.06 Å². The van der Waals surface area contributed by atoms with E-state index in [-0.39, 0.29) is 5.75 Å². The Balaban J connectivity index is 2.09. The first-order valence-corrected chi connectivity index (χ1v) is 9.98. The largest absolute Gasteiger partial charge is 0.288 e. The molecule has 0 saturated heterocycles. The Morgan fingerprint density at radius 1 is 1.14 bits per heavy atom. The molecule has 2 aromatic carbocycles. The highest BCUT2D eigenvalue weighted by Gasteiger charge is 2.28. The number of anilines is 2. The first-order valence-electron chi connectivity index (χ1n) is 6.79. The number of hydrogen-bond acceptors (Lipinski definition) is 5. The number of benzene rings is 2. The lowest BCUT2D eigenvalue weighted by atomic mass is 10.2. The van der Waals surface area contributed by atoms with Crippen molar-refractivity contribution in [3.05, 3.63) is 46.9 Å². The fourth-order valence-electron chi connectivity index (χ4n) is 2.18.